The van der Waals surface area contributed by atoms with E-state index in [4.69, 9.17) is 0 Å². The van der Waals surface area contributed by atoms with E-state index in [9.17, 15) is 0 Å². The summed E-state index contributed by atoms with van der Waals surface area (Å²) in [5.41, 5.74) is 0. The highest BCUT2D eigenvalue weighted by molar-refractivity contribution is 4.94. The Kier molecular flexibility index (Phi) is 4.22. The van der Waals surface area contributed by atoms with Gasteiger partial charge in [-0.1, -0.05) is 12.8 Å². The number of hydrogen-bond donors (Lipinski definition) is 2. The summed E-state index contributed by atoms with van der Waals surface area (Å²) >= 11 is 0. The van der Waals surface area contributed by atoms with Crippen molar-refractivity contribution in [2.45, 2.75) is 63.1 Å². The molecule has 18 heavy (non-hydrogen) atoms. The molecule has 1 saturated carbocycles. The molecule has 0 aromatic heterocycles. The van der Waals surface area contributed by atoms with Crippen molar-refractivity contribution in [1.82, 2.24) is 15.5 Å². The molecule has 3 rings (SSSR count). The molecule has 0 aromatic rings. The summed E-state index contributed by atoms with van der Waals surface area (Å²) in [5, 5.41) is 7.73. The molecule has 2 N–H and O–H groups in total. The first-order valence-corrected chi connectivity index (χ1v) is 8.01. The Labute approximate surface area is 112 Å². The fourth-order valence-corrected chi connectivity index (χ4v) is 4.30. The topological polar surface area (TPSA) is 27.3 Å². The zero-order chi connectivity index (χ0) is 12.4. The van der Waals surface area contributed by atoms with Gasteiger partial charge in [0.15, 0.2) is 0 Å². The van der Waals surface area contributed by atoms with Gasteiger partial charge in [-0.3, -0.25) is 0 Å². The van der Waals surface area contributed by atoms with Gasteiger partial charge in [-0.05, 0) is 58.2 Å². The van der Waals surface area contributed by atoms with Crippen molar-refractivity contribution in [3.63, 3.8) is 0 Å². The molecular weight excluding hydrogens is 222 g/mol. The molecule has 0 amide bonds. The smallest absolute Gasteiger partial charge is 0.0209 e. The van der Waals surface area contributed by atoms with E-state index in [1.807, 2.05) is 0 Å². The molecule has 0 aromatic carbocycles. The lowest BCUT2D eigenvalue weighted by atomic mass is 9.79. The molecule has 2 saturated heterocycles. The van der Waals surface area contributed by atoms with Crippen LogP contribution in [0, 0.1) is 5.92 Å². The average Bonchev–Trinajstić information content (AvgIpc) is 3.02. The molecule has 4 unspecified atom stereocenters. The Bertz CT molecular complexity index is 262. The van der Waals surface area contributed by atoms with Crippen molar-refractivity contribution in [2.24, 2.45) is 5.92 Å². The molecule has 1 aliphatic carbocycles. The van der Waals surface area contributed by atoms with Crippen molar-refractivity contribution < 1.29 is 0 Å². The minimum absolute atomic E-state index is 0.752. The monoisotopic (exact) mass is 251 g/mol. The highest BCUT2D eigenvalue weighted by atomic mass is 15.2. The number of nitrogens with one attached hydrogen (secondary N) is 2. The van der Waals surface area contributed by atoms with E-state index in [0.717, 1.165) is 24.0 Å². The lowest BCUT2D eigenvalue weighted by Crippen LogP contribution is -2.50. The minimum atomic E-state index is 0.752. The Balaban J connectivity index is 1.57. The average molecular weight is 251 g/mol. The number of nitrogens with zero attached hydrogens (tertiary/aromatic N) is 1. The van der Waals surface area contributed by atoms with Crippen molar-refractivity contribution >= 4 is 0 Å². The largest absolute Gasteiger partial charge is 0.314 e. The van der Waals surface area contributed by atoms with Gasteiger partial charge in [-0.15, -0.1) is 0 Å². The third kappa shape index (κ3) is 2.89. The molecule has 0 bridgehead atoms. The summed E-state index contributed by atoms with van der Waals surface area (Å²) in [6, 6.07) is 2.34. The van der Waals surface area contributed by atoms with E-state index in [2.05, 4.69) is 22.6 Å². The molecular formula is C15H29N3. The molecule has 2 heterocycles. The quantitative estimate of drug-likeness (QED) is 0.798. The fourth-order valence-electron chi connectivity index (χ4n) is 4.30. The van der Waals surface area contributed by atoms with Crippen LogP contribution in [0.1, 0.15) is 44.9 Å². The van der Waals surface area contributed by atoms with Crippen LogP contribution in [-0.4, -0.2) is 49.7 Å². The summed E-state index contributed by atoms with van der Waals surface area (Å²) < 4.78 is 0. The molecule has 2 aliphatic heterocycles. The number of likely N-dealkylation sites (N-methyl/N-ethyl adjacent to an activating group) is 1. The van der Waals surface area contributed by atoms with Crippen LogP contribution in [0.25, 0.3) is 0 Å². The van der Waals surface area contributed by atoms with E-state index in [1.54, 1.807) is 0 Å². The maximum atomic E-state index is 3.99. The van der Waals surface area contributed by atoms with Gasteiger partial charge in [0.1, 0.15) is 0 Å². The molecule has 0 radical (unpaired) electrons. The Hall–Kier alpha value is -0.120. The van der Waals surface area contributed by atoms with E-state index in [-0.39, 0.29) is 0 Å². The van der Waals surface area contributed by atoms with Crippen molar-refractivity contribution in [2.75, 3.05) is 26.7 Å². The summed E-state index contributed by atoms with van der Waals surface area (Å²) in [7, 11) is 2.25. The predicted octanol–water partition coefficient (Wildman–Crippen LogP) is 1.59. The van der Waals surface area contributed by atoms with Gasteiger partial charge in [0.25, 0.3) is 0 Å². The summed E-state index contributed by atoms with van der Waals surface area (Å²) in [4.78, 5) is 2.46. The van der Waals surface area contributed by atoms with Crippen LogP contribution in [0.2, 0.25) is 0 Å². The maximum absolute atomic E-state index is 3.99. The SMILES string of the molecule is CN1CCC(NC2CCCCC2C2CCCN2)C1. The highest BCUT2D eigenvalue weighted by Crippen LogP contribution is 2.31. The summed E-state index contributed by atoms with van der Waals surface area (Å²) in [6.45, 7) is 3.78. The van der Waals surface area contributed by atoms with E-state index in [1.165, 1.54) is 64.6 Å². The predicted molar refractivity (Wildman–Crippen MR) is 75.8 cm³/mol. The second-order valence-electron chi connectivity index (χ2n) is 6.67. The van der Waals surface area contributed by atoms with E-state index >= 15 is 0 Å². The zero-order valence-corrected chi connectivity index (χ0v) is 11.8. The van der Waals surface area contributed by atoms with Gasteiger partial charge in [-0.25, -0.2) is 0 Å². The fraction of sp³-hybridized carbons (Fsp3) is 1.00. The highest BCUT2D eigenvalue weighted by Gasteiger charge is 2.34. The molecule has 4 atom stereocenters. The minimum Gasteiger partial charge on any atom is -0.314 e. The zero-order valence-electron chi connectivity index (χ0n) is 11.8. The van der Waals surface area contributed by atoms with Gasteiger partial charge in [-0.2, -0.15) is 0 Å². The second-order valence-corrected chi connectivity index (χ2v) is 6.67. The van der Waals surface area contributed by atoms with Crippen LogP contribution in [0.3, 0.4) is 0 Å². The number of rotatable bonds is 3. The lowest BCUT2D eigenvalue weighted by molar-refractivity contribution is 0.200. The molecule has 104 valence electrons. The van der Waals surface area contributed by atoms with Crippen LogP contribution in [0.4, 0.5) is 0 Å². The molecule has 3 nitrogen and oxygen atoms in total. The van der Waals surface area contributed by atoms with Gasteiger partial charge in [0.2, 0.25) is 0 Å². The van der Waals surface area contributed by atoms with Gasteiger partial charge in [0, 0.05) is 24.7 Å². The summed E-state index contributed by atoms with van der Waals surface area (Å²) in [5.74, 6) is 0.896. The number of hydrogen-bond acceptors (Lipinski definition) is 3. The number of likely N-dealkylation sites (tertiary alicyclic amines) is 1. The van der Waals surface area contributed by atoms with Crippen molar-refractivity contribution in [1.29, 1.82) is 0 Å². The third-order valence-corrected chi connectivity index (χ3v) is 5.28. The van der Waals surface area contributed by atoms with Crippen molar-refractivity contribution in [3.05, 3.63) is 0 Å². The summed E-state index contributed by atoms with van der Waals surface area (Å²) in [6.07, 6.45) is 9.88. The standard InChI is InChI=1S/C15H29N3/c1-18-10-8-12(11-18)17-15-6-3-2-5-13(15)14-7-4-9-16-14/h12-17H,2-11H2,1H3. The first-order valence-electron chi connectivity index (χ1n) is 8.01. The third-order valence-electron chi connectivity index (χ3n) is 5.28. The van der Waals surface area contributed by atoms with Gasteiger partial charge >= 0.3 is 0 Å². The van der Waals surface area contributed by atoms with Crippen LogP contribution in [0.5, 0.6) is 0 Å². The Morgan fingerprint density at radius 2 is 1.94 bits per heavy atom. The van der Waals surface area contributed by atoms with Crippen LogP contribution in [-0.2, 0) is 0 Å². The first-order chi connectivity index (χ1) is 8.83. The molecule has 3 fully saturated rings. The van der Waals surface area contributed by atoms with Crippen LogP contribution >= 0.6 is 0 Å². The van der Waals surface area contributed by atoms with Crippen LogP contribution in [0.15, 0.2) is 0 Å². The molecule has 0 spiro atoms. The van der Waals surface area contributed by atoms with Gasteiger partial charge < -0.3 is 15.5 Å². The first kappa shape index (κ1) is 12.9. The Morgan fingerprint density at radius 3 is 2.67 bits per heavy atom. The van der Waals surface area contributed by atoms with E-state index < -0.39 is 0 Å². The van der Waals surface area contributed by atoms with E-state index in [0.29, 0.717) is 0 Å². The maximum Gasteiger partial charge on any atom is 0.0209 e. The van der Waals surface area contributed by atoms with Crippen LogP contribution < -0.4 is 10.6 Å². The van der Waals surface area contributed by atoms with Gasteiger partial charge in [0.05, 0.1) is 0 Å². The molecule has 3 heteroatoms. The van der Waals surface area contributed by atoms with Crippen molar-refractivity contribution in [3.8, 4) is 0 Å². The second kappa shape index (κ2) is 5.89. The Morgan fingerprint density at radius 1 is 1.06 bits per heavy atom. The molecule has 3 aliphatic rings. The normalized spacial score (nSPS) is 42.5. The lowest BCUT2D eigenvalue weighted by Gasteiger charge is -2.38.